The van der Waals surface area contributed by atoms with E-state index in [4.69, 9.17) is 28.3 Å². The predicted molar refractivity (Wildman–Crippen MR) is 59.4 cm³/mol. The van der Waals surface area contributed by atoms with Gasteiger partial charge < -0.3 is 5.11 Å². The van der Waals surface area contributed by atoms with Crippen LogP contribution >= 0.6 is 35.0 Å². The molecule has 76 valence electrons. The molecule has 0 saturated heterocycles. The van der Waals surface area contributed by atoms with Crippen LogP contribution in [0.2, 0.25) is 10.0 Å². The molecule has 1 atom stereocenters. The van der Waals surface area contributed by atoms with E-state index in [1.165, 1.54) is 11.8 Å². The average molecular weight is 251 g/mol. The minimum atomic E-state index is -0.860. The molecule has 2 nitrogen and oxygen atoms in total. The number of hydrogen-bond acceptors (Lipinski definition) is 2. The summed E-state index contributed by atoms with van der Waals surface area (Å²) in [4.78, 5) is 11.3. The molecular formula is C9H8Cl2O2S. The standard InChI is InChI=1S/C9H8Cl2O2S/c1-5(9(12)13)14-8-3-2-6(10)4-7(8)11/h2-5H,1H3,(H,12,13)/t5-/m0/s1. The maximum absolute atomic E-state index is 10.6. The van der Waals surface area contributed by atoms with Crippen LogP contribution in [0.5, 0.6) is 0 Å². The van der Waals surface area contributed by atoms with E-state index in [9.17, 15) is 4.79 Å². The van der Waals surface area contributed by atoms with Crippen LogP contribution in [0.15, 0.2) is 23.1 Å². The zero-order valence-corrected chi connectivity index (χ0v) is 9.66. The highest BCUT2D eigenvalue weighted by Crippen LogP contribution is 2.32. The van der Waals surface area contributed by atoms with Crippen molar-refractivity contribution in [1.82, 2.24) is 0 Å². The first-order valence-corrected chi connectivity index (χ1v) is 5.49. The van der Waals surface area contributed by atoms with Gasteiger partial charge in [-0.2, -0.15) is 0 Å². The number of rotatable bonds is 3. The normalized spacial score (nSPS) is 12.5. The van der Waals surface area contributed by atoms with Crippen LogP contribution < -0.4 is 0 Å². The van der Waals surface area contributed by atoms with Crippen LogP contribution in [0, 0.1) is 0 Å². The highest BCUT2D eigenvalue weighted by molar-refractivity contribution is 8.00. The molecule has 0 aromatic heterocycles. The molecule has 1 aromatic carbocycles. The highest BCUT2D eigenvalue weighted by Gasteiger charge is 2.14. The van der Waals surface area contributed by atoms with Gasteiger partial charge in [-0.05, 0) is 25.1 Å². The lowest BCUT2D eigenvalue weighted by Crippen LogP contribution is -2.11. The molecular weight excluding hydrogens is 243 g/mol. The Kier molecular flexibility index (Phi) is 4.11. The lowest BCUT2D eigenvalue weighted by molar-refractivity contribution is -0.136. The Labute approximate surface area is 96.2 Å². The van der Waals surface area contributed by atoms with Gasteiger partial charge in [0.1, 0.15) is 5.25 Å². The highest BCUT2D eigenvalue weighted by atomic mass is 35.5. The van der Waals surface area contributed by atoms with E-state index in [2.05, 4.69) is 0 Å². The summed E-state index contributed by atoms with van der Waals surface area (Å²) in [6.07, 6.45) is 0. The molecule has 1 N–H and O–H groups in total. The second-order valence-corrected chi connectivity index (χ2v) is 4.90. The van der Waals surface area contributed by atoms with Crippen molar-refractivity contribution in [3.8, 4) is 0 Å². The predicted octanol–water partition coefficient (Wildman–Crippen LogP) is 3.56. The van der Waals surface area contributed by atoms with Crippen LogP contribution in [0.1, 0.15) is 6.92 Å². The van der Waals surface area contributed by atoms with Gasteiger partial charge in [0, 0.05) is 9.92 Å². The fourth-order valence-corrected chi connectivity index (χ4v) is 2.15. The van der Waals surface area contributed by atoms with Crippen molar-refractivity contribution in [3.05, 3.63) is 28.2 Å². The number of aliphatic carboxylic acids is 1. The van der Waals surface area contributed by atoms with E-state index >= 15 is 0 Å². The quantitative estimate of drug-likeness (QED) is 0.834. The molecule has 1 rings (SSSR count). The molecule has 0 fully saturated rings. The van der Waals surface area contributed by atoms with Gasteiger partial charge in [0.05, 0.1) is 5.02 Å². The fourth-order valence-electron chi connectivity index (χ4n) is 0.812. The summed E-state index contributed by atoms with van der Waals surface area (Å²) >= 11 is 12.8. The van der Waals surface area contributed by atoms with Gasteiger partial charge in [0.15, 0.2) is 0 Å². The first-order chi connectivity index (χ1) is 6.50. The number of benzene rings is 1. The number of carboxylic acid groups (broad SMARTS) is 1. The average Bonchev–Trinajstić information content (AvgIpc) is 2.09. The molecule has 0 aliphatic heterocycles. The van der Waals surface area contributed by atoms with E-state index < -0.39 is 11.2 Å². The molecule has 0 aliphatic rings. The first kappa shape index (κ1) is 11.7. The van der Waals surface area contributed by atoms with Crippen molar-refractivity contribution in [2.24, 2.45) is 0 Å². The number of hydrogen-bond donors (Lipinski definition) is 1. The maximum Gasteiger partial charge on any atom is 0.316 e. The van der Waals surface area contributed by atoms with Gasteiger partial charge in [-0.1, -0.05) is 23.2 Å². The van der Waals surface area contributed by atoms with Gasteiger partial charge >= 0.3 is 5.97 Å². The number of carboxylic acids is 1. The van der Waals surface area contributed by atoms with Crippen LogP contribution in [-0.2, 0) is 4.79 Å². The lowest BCUT2D eigenvalue weighted by atomic mass is 10.4. The Morgan fingerprint density at radius 2 is 2.14 bits per heavy atom. The SMILES string of the molecule is C[C@H](Sc1ccc(Cl)cc1Cl)C(=O)O. The van der Waals surface area contributed by atoms with E-state index in [1.54, 1.807) is 25.1 Å². The molecule has 0 bridgehead atoms. The van der Waals surface area contributed by atoms with Gasteiger partial charge in [-0.3, -0.25) is 4.79 Å². The topological polar surface area (TPSA) is 37.3 Å². The third-order valence-corrected chi connectivity index (χ3v) is 3.37. The third-order valence-electron chi connectivity index (χ3n) is 1.55. The van der Waals surface area contributed by atoms with Crippen LogP contribution in [0.25, 0.3) is 0 Å². The summed E-state index contributed by atoms with van der Waals surface area (Å²) in [5.41, 5.74) is 0. The van der Waals surface area contributed by atoms with Gasteiger partial charge in [0.25, 0.3) is 0 Å². The smallest absolute Gasteiger partial charge is 0.316 e. The summed E-state index contributed by atoms with van der Waals surface area (Å²) in [7, 11) is 0. The maximum atomic E-state index is 10.6. The molecule has 0 aliphatic carbocycles. The second-order valence-electron chi connectivity index (χ2n) is 2.67. The first-order valence-electron chi connectivity index (χ1n) is 3.85. The summed E-state index contributed by atoms with van der Waals surface area (Å²) in [5, 5.41) is 9.20. The van der Waals surface area contributed by atoms with Crippen molar-refractivity contribution in [3.63, 3.8) is 0 Å². The Hall–Kier alpha value is -0.380. The zero-order valence-electron chi connectivity index (χ0n) is 7.33. The molecule has 0 unspecified atom stereocenters. The second kappa shape index (κ2) is 4.91. The minimum absolute atomic E-state index is 0.482. The molecule has 0 amide bonds. The number of thioether (sulfide) groups is 1. The summed E-state index contributed by atoms with van der Waals surface area (Å²) in [6.45, 7) is 1.61. The largest absolute Gasteiger partial charge is 0.480 e. The molecule has 0 radical (unpaired) electrons. The van der Waals surface area contributed by atoms with Crippen LogP contribution in [0.4, 0.5) is 0 Å². The minimum Gasteiger partial charge on any atom is -0.480 e. The van der Waals surface area contributed by atoms with Gasteiger partial charge in [-0.15, -0.1) is 11.8 Å². The van der Waals surface area contributed by atoms with Crippen molar-refractivity contribution in [2.45, 2.75) is 17.1 Å². The van der Waals surface area contributed by atoms with Gasteiger partial charge in [-0.25, -0.2) is 0 Å². The Morgan fingerprint density at radius 3 is 2.64 bits per heavy atom. The lowest BCUT2D eigenvalue weighted by Gasteiger charge is -2.07. The van der Waals surface area contributed by atoms with Crippen molar-refractivity contribution < 1.29 is 9.90 Å². The zero-order chi connectivity index (χ0) is 10.7. The molecule has 0 saturated carbocycles. The summed E-state index contributed by atoms with van der Waals surface area (Å²) in [5.74, 6) is -0.860. The summed E-state index contributed by atoms with van der Waals surface area (Å²) in [6, 6.07) is 5.00. The molecule has 0 spiro atoms. The van der Waals surface area contributed by atoms with Crippen LogP contribution in [-0.4, -0.2) is 16.3 Å². The third kappa shape index (κ3) is 3.08. The molecule has 1 aromatic rings. The van der Waals surface area contributed by atoms with E-state index in [1.807, 2.05) is 0 Å². The number of halogens is 2. The molecule has 14 heavy (non-hydrogen) atoms. The Bertz CT molecular complexity index is 355. The fraction of sp³-hybridized carbons (Fsp3) is 0.222. The monoisotopic (exact) mass is 250 g/mol. The summed E-state index contributed by atoms with van der Waals surface area (Å²) < 4.78 is 0. The van der Waals surface area contributed by atoms with E-state index in [0.717, 1.165) is 4.90 Å². The van der Waals surface area contributed by atoms with Crippen LogP contribution in [0.3, 0.4) is 0 Å². The van der Waals surface area contributed by atoms with Gasteiger partial charge in [0.2, 0.25) is 0 Å². The van der Waals surface area contributed by atoms with Crippen molar-refractivity contribution in [1.29, 1.82) is 0 Å². The molecule has 0 heterocycles. The molecule has 5 heteroatoms. The Morgan fingerprint density at radius 1 is 1.50 bits per heavy atom. The van der Waals surface area contributed by atoms with Crippen molar-refractivity contribution >= 4 is 40.9 Å². The Balaban J connectivity index is 2.82. The van der Waals surface area contributed by atoms with E-state index in [-0.39, 0.29) is 0 Å². The van der Waals surface area contributed by atoms with E-state index in [0.29, 0.717) is 10.0 Å². The van der Waals surface area contributed by atoms with Crippen molar-refractivity contribution in [2.75, 3.05) is 0 Å². The number of carbonyl (C=O) groups is 1.